The van der Waals surface area contributed by atoms with Gasteiger partial charge in [0.25, 0.3) is 0 Å². The molecule has 3 nitrogen and oxygen atoms in total. The summed E-state index contributed by atoms with van der Waals surface area (Å²) in [5.74, 6) is 1.63. The smallest absolute Gasteiger partial charge is 0.129 e. The van der Waals surface area contributed by atoms with Crippen molar-refractivity contribution in [1.29, 1.82) is 0 Å². The first-order valence-corrected chi connectivity index (χ1v) is 7.47. The van der Waals surface area contributed by atoms with Gasteiger partial charge in [0.1, 0.15) is 5.82 Å². The van der Waals surface area contributed by atoms with Crippen LogP contribution in [-0.4, -0.2) is 41.6 Å². The SMILES string of the molecule is Cc1cc(CCl)cc(N2CCN(C(C)(C)C)CC2)n1. The van der Waals surface area contributed by atoms with Crippen LogP contribution < -0.4 is 4.90 Å². The predicted octanol–water partition coefficient (Wildman–Crippen LogP) is 3.05. The molecule has 0 amide bonds. The second kappa shape index (κ2) is 5.68. The number of nitrogens with zero attached hydrogens (tertiary/aromatic N) is 3. The van der Waals surface area contributed by atoms with E-state index >= 15 is 0 Å². The molecule has 0 aromatic carbocycles. The van der Waals surface area contributed by atoms with Crippen LogP contribution in [0.3, 0.4) is 0 Å². The van der Waals surface area contributed by atoms with Crippen LogP contribution in [0.4, 0.5) is 5.82 Å². The van der Waals surface area contributed by atoms with Gasteiger partial charge < -0.3 is 4.90 Å². The summed E-state index contributed by atoms with van der Waals surface area (Å²) in [6.45, 7) is 13.1. The highest BCUT2D eigenvalue weighted by Crippen LogP contribution is 2.21. The van der Waals surface area contributed by atoms with Crippen LogP contribution in [0.15, 0.2) is 12.1 Å². The molecule has 0 radical (unpaired) electrons. The summed E-state index contributed by atoms with van der Waals surface area (Å²) in [7, 11) is 0. The van der Waals surface area contributed by atoms with Gasteiger partial charge in [0.15, 0.2) is 0 Å². The van der Waals surface area contributed by atoms with Crippen molar-refractivity contribution in [3.8, 4) is 0 Å². The molecule has 0 saturated carbocycles. The molecular formula is C15H24ClN3. The molecule has 106 valence electrons. The molecule has 0 N–H and O–H groups in total. The first kappa shape index (κ1) is 14.6. The van der Waals surface area contributed by atoms with Gasteiger partial charge in [0, 0.05) is 43.3 Å². The molecule has 19 heavy (non-hydrogen) atoms. The van der Waals surface area contributed by atoms with Gasteiger partial charge in [-0.05, 0) is 45.4 Å². The molecule has 1 saturated heterocycles. The largest absolute Gasteiger partial charge is 0.354 e. The van der Waals surface area contributed by atoms with E-state index in [0.29, 0.717) is 5.88 Å². The molecule has 1 aromatic heterocycles. The average molecular weight is 282 g/mol. The van der Waals surface area contributed by atoms with Crippen LogP contribution in [0.5, 0.6) is 0 Å². The Morgan fingerprint density at radius 3 is 2.32 bits per heavy atom. The maximum Gasteiger partial charge on any atom is 0.129 e. The highest BCUT2D eigenvalue weighted by molar-refractivity contribution is 6.17. The van der Waals surface area contributed by atoms with Crippen LogP contribution in [0.1, 0.15) is 32.0 Å². The van der Waals surface area contributed by atoms with Crippen LogP contribution in [0.2, 0.25) is 0 Å². The summed E-state index contributed by atoms with van der Waals surface area (Å²) >= 11 is 5.94. The Hall–Kier alpha value is -0.800. The fourth-order valence-corrected chi connectivity index (χ4v) is 2.72. The van der Waals surface area contributed by atoms with E-state index in [4.69, 9.17) is 11.6 Å². The van der Waals surface area contributed by atoms with Gasteiger partial charge in [-0.1, -0.05) is 0 Å². The van der Waals surface area contributed by atoms with E-state index in [0.717, 1.165) is 43.3 Å². The fourth-order valence-electron chi connectivity index (χ4n) is 2.57. The molecule has 0 aliphatic carbocycles. The van der Waals surface area contributed by atoms with Gasteiger partial charge in [-0.3, -0.25) is 4.90 Å². The number of anilines is 1. The molecule has 4 heteroatoms. The van der Waals surface area contributed by atoms with E-state index in [-0.39, 0.29) is 5.54 Å². The van der Waals surface area contributed by atoms with E-state index in [1.54, 1.807) is 0 Å². The lowest BCUT2D eigenvalue weighted by atomic mass is 10.0. The fraction of sp³-hybridized carbons (Fsp3) is 0.667. The first-order valence-electron chi connectivity index (χ1n) is 6.93. The van der Waals surface area contributed by atoms with E-state index < -0.39 is 0 Å². The minimum absolute atomic E-state index is 0.257. The molecular weight excluding hydrogens is 258 g/mol. The van der Waals surface area contributed by atoms with Crippen molar-refractivity contribution in [2.24, 2.45) is 0 Å². The third kappa shape index (κ3) is 3.61. The molecule has 1 fully saturated rings. The first-order chi connectivity index (χ1) is 8.90. The molecule has 2 rings (SSSR count). The number of halogens is 1. The van der Waals surface area contributed by atoms with Crippen molar-refractivity contribution in [2.45, 2.75) is 39.1 Å². The van der Waals surface area contributed by atoms with Crippen molar-refractivity contribution in [1.82, 2.24) is 9.88 Å². The predicted molar refractivity (Wildman–Crippen MR) is 82.1 cm³/mol. The number of hydrogen-bond donors (Lipinski definition) is 0. The summed E-state index contributed by atoms with van der Waals surface area (Å²) in [6.07, 6.45) is 0. The number of pyridine rings is 1. The summed E-state index contributed by atoms with van der Waals surface area (Å²) in [4.78, 5) is 9.54. The van der Waals surface area contributed by atoms with E-state index in [1.807, 2.05) is 6.92 Å². The summed E-state index contributed by atoms with van der Waals surface area (Å²) in [5, 5.41) is 0. The Balaban J connectivity index is 2.07. The number of aromatic nitrogens is 1. The second-order valence-electron chi connectivity index (χ2n) is 6.25. The lowest BCUT2D eigenvalue weighted by Crippen LogP contribution is -2.53. The van der Waals surface area contributed by atoms with E-state index in [2.05, 4.69) is 47.7 Å². The Bertz CT molecular complexity index is 432. The van der Waals surface area contributed by atoms with Crippen LogP contribution in [0.25, 0.3) is 0 Å². The van der Waals surface area contributed by atoms with E-state index in [1.165, 1.54) is 0 Å². The monoisotopic (exact) mass is 281 g/mol. The number of piperazine rings is 1. The van der Waals surface area contributed by atoms with Crippen LogP contribution in [-0.2, 0) is 5.88 Å². The normalized spacial score (nSPS) is 17.8. The van der Waals surface area contributed by atoms with Gasteiger partial charge >= 0.3 is 0 Å². The molecule has 0 spiro atoms. The zero-order chi connectivity index (χ0) is 14.0. The second-order valence-corrected chi connectivity index (χ2v) is 6.52. The Kier molecular flexibility index (Phi) is 4.36. The molecule has 1 aliphatic heterocycles. The summed E-state index contributed by atoms with van der Waals surface area (Å²) < 4.78 is 0. The van der Waals surface area contributed by atoms with Gasteiger partial charge in [-0.15, -0.1) is 11.6 Å². The van der Waals surface area contributed by atoms with E-state index in [9.17, 15) is 0 Å². The van der Waals surface area contributed by atoms with Crippen LogP contribution in [0, 0.1) is 6.92 Å². The average Bonchev–Trinajstić information content (AvgIpc) is 2.37. The zero-order valence-corrected chi connectivity index (χ0v) is 13.2. The Morgan fingerprint density at radius 2 is 1.79 bits per heavy atom. The van der Waals surface area contributed by atoms with Gasteiger partial charge in [0.2, 0.25) is 0 Å². The molecule has 0 unspecified atom stereocenters. The zero-order valence-electron chi connectivity index (χ0n) is 12.4. The van der Waals surface area contributed by atoms with Gasteiger partial charge in [-0.25, -0.2) is 4.98 Å². The minimum atomic E-state index is 0.257. The van der Waals surface area contributed by atoms with Crippen molar-refractivity contribution < 1.29 is 0 Å². The highest BCUT2D eigenvalue weighted by Gasteiger charge is 2.26. The van der Waals surface area contributed by atoms with Crippen molar-refractivity contribution >= 4 is 17.4 Å². The molecule has 0 bridgehead atoms. The minimum Gasteiger partial charge on any atom is -0.354 e. The molecule has 2 heterocycles. The maximum absolute atomic E-state index is 5.94. The third-order valence-electron chi connectivity index (χ3n) is 3.71. The lowest BCUT2D eigenvalue weighted by molar-refractivity contribution is 0.128. The Labute approximate surface area is 121 Å². The lowest BCUT2D eigenvalue weighted by Gasteiger charge is -2.42. The van der Waals surface area contributed by atoms with Crippen molar-refractivity contribution in [3.63, 3.8) is 0 Å². The summed E-state index contributed by atoms with van der Waals surface area (Å²) in [6, 6.07) is 4.18. The topological polar surface area (TPSA) is 19.4 Å². The molecule has 1 aliphatic rings. The van der Waals surface area contributed by atoms with Crippen molar-refractivity contribution in [2.75, 3.05) is 31.1 Å². The van der Waals surface area contributed by atoms with Gasteiger partial charge in [-0.2, -0.15) is 0 Å². The standard InChI is InChI=1S/C15H24ClN3/c1-12-9-13(11-16)10-14(17-12)18-5-7-19(8-6-18)15(2,3)4/h9-10H,5-8,11H2,1-4H3. The highest BCUT2D eigenvalue weighted by atomic mass is 35.5. The molecule has 1 aromatic rings. The number of alkyl halides is 1. The number of rotatable bonds is 2. The van der Waals surface area contributed by atoms with Crippen LogP contribution >= 0.6 is 11.6 Å². The number of hydrogen-bond acceptors (Lipinski definition) is 3. The quantitative estimate of drug-likeness (QED) is 0.777. The summed E-state index contributed by atoms with van der Waals surface area (Å²) in [5.41, 5.74) is 2.46. The maximum atomic E-state index is 5.94. The third-order valence-corrected chi connectivity index (χ3v) is 4.01. The molecule has 0 atom stereocenters. The van der Waals surface area contributed by atoms with Crippen molar-refractivity contribution in [3.05, 3.63) is 23.4 Å². The Morgan fingerprint density at radius 1 is 1.16 bits per heavy atom. The number of aryl methyl sites for hydroxylation is 1. The van der Waals surface area contributed by atoms with Gasteiger partial charge in [0.05, 0.1) is 0 Å².